The Morgan fingerprint density at radius 1 is 1.17 bits per heavy atom. The Labute approximate surface area is 103 Å². The van der Waals surface area contributed by atoms with Gasteiger partial charge in [0.1, 0.15) is 11.3 Å². The van der Waals surface area contributed by atoms with Crippen molar-refractivity contribution in [3.63, 3.8) is 0 Å². The summed E-state index contributed by atoms with van der Waals surface area (Å²) >= 11 is 0. The molecule has 0 saturated heterocycles. The van der Waals surface area contributed by atoms with Gasteiger partial charge in [0, 0.05) is 22.5 Å². The highest BCUT2D eigenvalue weighted by molar-refractivity contribution is 6.03. The number of nitrogens with zero attached hydrogens (tertiary/aromatic N) is 1. The molecule has 3 rings (SSSR count). The second kappa shape index (κ2) is 3.84. The van der Waals surface area contributed by atoms with Crippen molar-refractivity contribution in [3.05, 3.63) is 46.4 Å². The van der Waals surface area contributed by atoms with E-state index in [4.69, 9.17) is 9.15 Å². The predicted octanol–water partition coefficient (Wildman–Crippen LogP) is 2.66. The van der Waals surface area contributed by atoms with Gasteiger partial charge in [0.05, 0.1) is 12.6 Å². The highest BCUT2D eigenvalue weighted by Gasteiger charge is 2.09. The molecule has 0 amide bonds. The number of aromatic nitrogens is 1. The molecular formula is C14H11NO3. The van der Waals surface area contributed by atoms with E-state index < -0.39 is 0 Å². The van der Waals surface area contributed by atoms with Crippen LogP contribution in [0.1, 0.15) is 5.69 Å². The van der Waals surface area contributed by atoms with Crippen molar-refractivity contribution in [2.75, 3.05) is 7.11 Å². The maximum Gasteiger partial charge on any atom is 0.336 e. The summed E-state index contributed by atoms with van der Waals surface area (Å²) in [4.78, 5) is 15.9. The zero-order valence-electron chi connectivity index (χ0n) is 10.1. The van der Waals surface area contributed by atoms with Gasteiger partial charge in [0.15, 0.2) is 0 Å². The molecule has 0 aliphatic rings. The molecule has 2 aromatic heterocycles. The molecule has 4 nitrogen and oxygen atoms in total. The maximum absolute atomic E-state index is 11.4. The van der Waals surface area contributed by atoms with Gasteiger partial charge in [-0.3, -0.25) is 4.98 Å². The van der Waals surface area contributed by atoms with Crippen molar-refractivity contribution in [2.24, 2.45) is 0 Å². The summed E-state index contributed by atoms with van der Waals surface area (Å²) < 4.78 is 10.5. The van der Waals surface area contributed by atoms with Crippen LogP contribution in [-0.2, 0) is 0 Å². The van der Waals surface area contributed by atoms with Crippen LogP contribution in [0.5, 0.6) is 5.75 Å². The first-order valence-corrected chi connectivity index (χ1v) is 5.57. The molecule has 0 N–H and O–H groups in total. The molecule has 18 heavy (non-hydrogen) atoms. The van der Waals surface area contributed by atoms with Crippen LogP contribution in [0.15, 0.2) is 39.5 Å². The molecule has 0 radical (unpaired) electrons. The lowest BCUT2D eigenvalue weighted by atomic mass is 10.1. The van der Waals surface area contributed by atoms with Crippen LogP contribution in [0.4, 0.5) is 0 Å². The number of fused-ring (bicyclic) bond motifs is 3. The molecule has 0 aliphatic carbocycles. The van der Waals surface area contributed by atoms with Crippen LogP contribution in [0.25, 0.3) is 21.9 Å². The lowest BCUT2D eigenvalue weighted by Crippen LogP contribution is -1.97. The Hall–Kier alpha value is -2.36. The first-order valence-electron chi connectivity index (χ1n) is 5.57. The van der Waals surface area contributed by atoms with Crippen molar-refractivity contribution in [2.45, 2.75) is 6.92 Å². The lowest BCUT2D eigenvalue weighted by molar-refractivity contribution is 0.415. The van der Waals surface area contributed by atoms with Crippen molar-refractivity contribution >= 4 is 21.9 Å². The smallest absolute Gasteiger partial charge is 0.336 e. The van der Waals surface area contributed by atoms with Crippen LogP contribution < -0.4 is 10.4 Å². The number of ether oxygens (including phenoxy) is 1. The second-order valence-electron chi connectivity index (χ2n) is 4.08. The van der Waals surface area contributed by atoms with Crippen LogP contribution >= 0.6 is 0 Å². The molecule has 4 heteroatoms. The molecule has 0 fully saturated rings. The summed E-state index contributed by atoms with van der Waals surface area (Å²) in [7, 11) is 1.60. The van der Waals surface area contributed by atoms with E-state index in [0.29, 0.717) is 11.3 Å². The first kappa shape index (κ1) is 10.8. The largest absolute Gasteiger partial charge is 0.497 e. The summed E-state index contributed by atoms with van der Waals surface area (Å²) in [6.07, 6.45) is 0. The molecule has 3 aromatic rings. The Morgan fingerprint density at radius 3 is 2.78 bits per heavy atom. The van der Waals surface area contributed by atoms with E-state index in [2.05, 4.69) is 4.98 Å². The summed E-state index contributed by atoms with van der Waals surface area (Å²) in [6, 6.07) is 8.66. The van der Waals surface area contributed by atoms with Crippen molar-refractivity contribution < 1.29 is 9.15 Å². The normalized spacial score (nSPS) is 11.0. The van der Waals surface area contributed by atoms with Gasteiger partial charge in [0.25, 0.3) is 0 Å². The van der Waals surface area contributed by atoms with Gasteiger partial charge in [0.2, 0.25) is 0 Å². The topological polar surface area (TPSA) is 52.3 Å². The Bertz CT molecular complexity index is 805. The Kier molecular flexibility index (Phi) is 2.30. The fraction of sp³-hybridized carbons (Fsp3) is 0.143. The minimum atomic E-state index is -0.364. The molecule has 0 bridgehead atoms. The van der Waals surface area contributed by atoms with Gasteiger partial charge in [-0.05, 0) is 31.2 Å². The quantitative estimate of drug-likeness (QED) is 0.614. The molecule has 0 aliphatic heterocycles. The Balaban J connectivity index is 2.55. The Morgan fingerprint density at radius 2 is 2.00 bits per heavy atom. The number of methoxy groups -OCH3 is 1. The van der Waals surface area contributed by atoms with E-state index in [1.54, 1.807) is 13.2 Å². The van der Waals surface area contributed by atoms with E-state index in [0.717, 1.165) is 22.0 Å². The molecule has 1 aromatic carbocycles. The standard InChI is InChI=1S/C14H11NO3/c1-8-10-4-6-13(16)18-14(10)11-7-9(17-2)3-5-12(11)15-8/h3-7H,1-2H3. The number of pyridine rings is 1. The average molecular weight is 241 g/mol. The van der Waals surface area contributed by atoms with Crippen molar-refractivity contribution in [1.82, 2.24) is 4.98 Å². The number of aryl methyl sites for hydroxylation is 1. The number of hydrogen-bond donors (Lipinski definition) is 0. The second-order valence-corrected chi connectivity index (χ2v) is 4.08. The fourth-order valence-electron chi connectivity index (χ4n) is 2.06. The summed E-state index contributed by atoms with van der Waals surface area (Å²) in [5.41, 5.74) is 1.82. The number of rotatable bonds is 1. The van der Waals surface area contributed by atoms with E-state index in [9.17, 15) is 4.79 Å². The molecule has 0 unspecified atom stereocenters. The minimum Gasteiger partial charge on any atom is -0.497 e. The highest BCUT2D eigenvalue weighted by Crippen LogP contribution is 2.27. The van der Waals surface area contributed by atoms with Gasteiger partial charge in [-0.1, -0.05) is 0 Å². The zero-order valence-corrected chi connectivity index (χ0v) is 10.1. The third-order valence-corrected chi connectivity index (χ3v) is 2.96. The van der Waals surface area contributed by atoms with E-state index >= 15 is 0 Å². The molecule has 90 valence electrons. The predicted molar refractivity (Wildman–Crippen MR) is 69.1 cm³/mol. The lowest BCUT2D eigenvalue weighted by Gasteiger charge is -2.06. The molecule has 0 saturated carbocycles. The summed E-state index contributed by atoms with van der Waals surface area (Å²) in [6.45, 7) is 1.89. The monoisotopic (exact) mass is 241 g/mol. The van der Waals surface area contributed by atoms with Crippen molar-refractivity contribution in [1.29, 1.82) is 0 Å². The third kappa shape index (κ3) is 1.54. The molecular weight excluding hydrogens is 230 g/mol. The number of benzene rings is 1. The highest BCUT2D eigenvalue weighted by atomic mass is 16.5. The van der Waals surface area contributed by atoms with E-state index in [1.807, 2.05) is 25.1 Å². The fourth-order valence-corrected chi connectivity index (χ4v) is 2.06. The molecule has 0 spiro atoms. The SMILES string of the molecule is COc1ccc2nc(C)c3ccc(=O)oc3c2c1. The van der Waals surface area contributed by atoms with E-state index in [-0.39, 0.29) is 5.63 Å². The summed E-state index contributed by atoms with van der Waals surface area (Å²) in [5, 5.41) is 1.63. The zero-order chi connectivity index (χ0) is 12.7. The van der Waals surface area contributed by atoms with Crippen molar-refractivity contribution in [3.8, 4) is 5.75 Å². The minimum absolute atomic E-state index is 0.364. The number of hydrogen-bond acceptors (Lipinski definition) is 4. The van der Waals surface area contributed by atoms with Gasteiger partial charge < -0.3 is 9.15 Å². The molecule has 2 heterocycles. The van der Waals surface area contributed by atoms with Crippen LogP contribution in [0.3, 0.4) is 0 Å². The average Bonchev–Trinajstić information content (AvgIpc) is 2.38. The van der Waals surface area contributed by atoms with Gasteiger partial charge >= 0.3 is 5.63 Å². The maximum atomic E-state index is 11.4. The third-order valence-electron chi connectivity index (χ3n) is 2.96. The van der Waals surface area contributed by atoms with Crippen LogP contribution in [0.2, 0.25) is 0 Å². The molecule has 0 atom stereocenters. The van der Waals surface area contributed by atoms with Crippen LogP contribution in [-0.4, -0.2) is 12.1 Å². The van der Waals surface area contributed by atoms with Gasteiger partial charge in [-0.15, -0.1) is 0 Å². The van der Waals surface area contributed by atoms with E-state index in [1.165, 1.54) is 6.07 Å². The first-order chi connectivity index (χ1) is 8.69. The summed E-state index contributed by atoms with van der Waals surface area (Å²) in [5.74, 6) is 0.709. The van der Waals surface area contributed by atoms with Gasteiger partial charge in [-0.25, -0.2) is 4.79 Å². The van der Waals surface area contributed by atoms with Gasteiger partial charge in [-0.2, -0.15) is 0 Å². The van der Waals surface area contributed by atoms with Crippen LogP contribution in [0, 0.1) is 6.92 Å².